The Labute approximate surface area is 105 Å². The summed E-state index contributed by atoms with van der Waals surface area (Å²) in [6.45, 7) is 6.23. The van der Waals surface area contributed by atoms with E-state index in [1.807, 2.05) is 20.8 Å². The van der Waals surface area contributed by atoms with Crippen molar-refractivity contribution in [2.75, 3.05) is 12.3 Å². The average Bonchev–Trinajstić information content (AvgIpc) is 2.21. The summed E-state index contributed by atoms with van der Waals surface area (Å²) in [7, 11) is 0. The Balaban J connectivity index is 2.70. The summed E-state index contributed by atoms with van der Waals surface area (Å²) in [6, 6.07) is 1.53. The number of carbonyl (C=O) groups excluding carboxylic acids is 1. The Morgan fingerprint density at radius 3 is 2.39 bits per heavy atom. The molecular weight excluding hydrogens is 240 g/mol. The molecule has 0 spiro atoms. The monoisotopic (exact) mass is 257 g/mol. The summed E-state index contributed by atoms with van der Waals surface area (Å²) in [5, 5.41) is 0. The minimum absolute atomic E-state index is 0.0276. The van der Waals surface area contributed by atoms with E-state index in [0.717, 1.165) is 12.1 Å². The lowest BCUT2D eigenvalue weighted by atomic mass is 9.93. The van der Waals surface area contributed by atoms with Gasteiger partial charge in [0, 0.05) is 11.8 Å². The molecule has 2 N–H and O–H groups in total. The average molecular weight is 257 g/mol. The Kier molecular flexibility index (Phi) is 4.27. The van der Waals surface area contributed by atoms with Crippen LogP contribution in [-0.4, -0.2) is 12.6 Å². The third-order valence-corrected chi connectivity index (χ3v) is 2.40. The van der Waals surface area contributed by atoms with Gasteiger partial charge in [-0.2, -0.15) is 0 Å². The van der Waals surface area contributed by atoms with E-state index in [4.69, 9.17) is 10.5 Å². The van der Waals surface area contributed by atoms with Gasteiger partial charge in [0.2, 0.25) is 0 Å². The summed E-state index contributed by atoms with van der Waals surface area (Å²) in [4.78, 5) is 11.6. The summed E-state index contributed by atoms with van der Waals surface area (Å²) in [5.41, 5.74) is 5.19. The van der Waals surface area contributed by atoms with Crippen LogP contribution in [0, 0.1) is 17.0 Å². The van der Waals surface area contributed by atoms with E-state index >= 15 is 0 Å². The number of ether oxygens (including phenoxy) is 1. The molecule has 0 fully saturated rings. The fourth-order valence-electron chi connectivity index (χ4n) is 1.27. The number of esters is 1. The van der Waals surface area contributed by atoms with Crippen molar-refractivity contribution in [3.8, 4) is 0 Å². The number of rotatable bonds is 3. The lowest BCUT2D eigenvalue weighted by molar-refractivity contribution is 0.0465. The lowest BCUT2D eigenvalue weighted by Crippen LogP contribution is -2.14. The lowest BCUT2D eigenvalue weighted by Gasteiger charge is -2.17. The molecule has 0 amide bonds. The van der Waals surface area contributed by atoms with Gasteiger partial charge in [-0.25, -0.2) is 13.6 Å². The molecule has 0 aliphatic heterocycles. The third-order valence-electron chi connectivity index (χ3n) is 2.40. The second-order valence-corrected chi connectivity index (χ2v) is 5.30. The van der Waals surface area contributed by atoms with Gasteiger partial charge in [0.25, 0.3) is 0 Å². The molecule has 1 aromatic carbocycles. The minimum Gasteiger partial charge on any atom is -0.462 e. The van der Waals surface area contributed by atoms with E-state index in [0.29, 0.717) is 6.42 Å². The Morgan fingerprint density at radius 1 is 1.28 bits per heavy atom. The number of hydrogen-bond acceptors (Lipinski definition) is 3. The molecule has 0 bridgehead atoms. The largest absolute Gasteiger partial charge is 0.462 e. The quantitative estimate of drug-likeness (QED) is 0.668. The SMILES string of the molecule is CC(C)(C)CCOC(=O)c1cc(F)c(F)cc1N. The number of nitrogens with two attached hydrogens (primary N) is 1. The molecule has 0 radical (unpaired) electrons. The second-order valence-electron chi connectivity index (χ2n) is 5.30. The number of carbonyl (C=O) groups is 1. The van der Waals surface area contributed by atoms with Crippen LogP contribution in [0.15, 0.2) is 12.1 Å². The zero-order valence-electron chi connectivity index (χ0n) is 10.7. The van der Waals surface area contributed by atoms with E-state index in [1.165, 1.54) is 0 Å². The summed E-state index contributed by atoms with van der Waals surface area (Å²) in [5.74, 6) is -2.94. The van der Waals surface area contributed by atoms with Gasteiger partial charge in [-0.05, 0) is 17.9 Å². The molecule has 0 aliphatic carbocycles. The van der Waals surface area contributed by atoms with E-state index in [2.05, 4.69) is 0 Å². The number of benzene rings is 1. The van der Waals surface area contributed by atoms with Crippen molar-refractivity contribution in [3.63, 3.8) is 0 Å². The first-order valence-electron chi connectivity index (χ1n) is 5.62. The molecule has 5 heteroatoms. The van der Waals surface area contributed by atoms with Crippen LogP contribution in [0.2, 0.25) is 0 Å². The zero-order chi connectivity index (χ0) is 13.9. The van der Waals surface area contributed by atoms with Crippen LogP contribution in [0.3, 0.4) is 0 Å². The van der Waals surface area contributed by atoms with E-state index in [-0.39, 0.29) is 23.3 Å². The van der Waals surface area contributed by atoms with Crippen molar-refractivity contribution in [1.82, 2.24) is 0 Å². The normalized spacial score (nSPS) is 11.4. The van der Waals surface area contributed by atoms with Gasteiger partial charge >= 0.3 is 5.97 Å². The predicted molar refractivity (Wildman–Crippen MR) is 65.1 cm³/mol. The fraction of sp³-hybridized carbons (Fsp3) is 0.462. The van der Waals surface area contributed by atoms with Gasteiger partial charge in [0.05, 0.1) is 12.2 Å². The highest BCUT2D eigenvalue weighted by atomic mass is 19.2. The maximum Gasteiger partial charge on any atom is 0.340 e. The van der Waals surface area contributed by atoms with Gasteiger partial charge in [0.1, 0.15) is 0 Å². The van der Waals surface area contributed by atoms with E-state index < -0.39 is 17.6 Å². The van der Waals surface area contributed by atoms with Crippen molar-refractivity contribution in [3.05, 3.63) is 29.3 Å². The topological polar surface area (TPSA) is 52.3 Å². The van der Waals surface area contributed by atoms with Crippen molar-refractivity contribution >= 4 is 11.7 Å². The van der Waals surface area contributed by atoms with E-state index in [9.17, 15) is 13.6 Å². The third kappa shape index (κ3) is 3.98. The van der Waals surface area contributed by atoms with Crippen LogP contribution in [0.5, 0.6) is 0 Å². The van der Waals surface area contributed by atoms with Crippen molar-refractivity contribution in [2.24, 2.45) is 5.41 Å². The molecule has 0 saturated carbocycles. The summed E-state index contributed by atoms with van der Waals surface area (Å²) >= 11 is 0. The standard InChI is InChI=1S/C13H17F2NO2/c1-13(2,3)4-5-18-12(17)8-6-9(14)10(15)7-11(8)16/h6-7H,4-5,16H2,1-3H3. The van der Waals surface area contributed by atoms with Crippen LogP contribution in [-0.2, 0) is 4.74 Å². The first kappa shape index (κ1) is 14.4. The fourth-order valence-corrected chi connectivity index (χ4v) is 1.27. The van der Waals surface area contributed by atoms with Crippen LogP contribution in [0.1, 0.15) is 37.6 Å². The number of hydrogen-bond donors (Lipinski definition) is 1. The van der Waals surface area contributed by atoms with Crippen LogP contribution in [0.25, 0.3) is 0 Å². The van der Waals surface area contributed by atoms with Gasteiger partial charge in [-0.1, -0.05) is 20.8 Å². The molecule has 3 nitrogen and oxygen atoms in total. The second kappa shape index (κ2) is 5.33. The maximum absolute atomic E-state index is 13.0. The highest BCUT2D eigenvalue weighted by Gasteiger charge is 2.17. The molecule has 0 atom stereocenters. The minimum atomic E-state index is -1.12. The Bertz CT molecular complexity index is 453. The molecule has 0 heterocycles. The molecule has 0 unspecified atom stereocenters. The van der Waals surface area contributed by atoms with Gasteiger partial charge < -0.3 is 10.5 Å². The van der Waals surface area contributed by atoms with Gasteiger partial charge in [-0.3, -0.25) is 0 Å². The highest BCUT2D eigenvalue weighted by Crippen LogP contribution is 2.20. The van der Waals surface area contributed by atoms with Crippen LogP contribution >= 0.6 is 0 Å². The first-order valence-corrected chi connectivity index (χ1v) is 5.62. The molecule has 18 heavy (non-hydrogen) atoms. The summed E-state index contributed by atoms with van der Waals surface area (Å²) < 4.78 is 30.8. The number of halogens is 2. The molecule has 100 valence electrons. The molecule has 1 aromatic rings. The first-order chi connectivity index (χ1) is 8.20. The Hall–Kier alpha value is -1.65. The maximum atomic E-state index is 13.0. The van der Waals surface area contributed by atoms with Crippen molar-refractivity contribution in [2.45, 2.75) is 27.2 Å². The molecular formula is C13H17F2NO2. The van der Waals surface area contributed by atoms with Crippen molar-refractivity contribution < 1.29 is 18.3 Å². The molecule has 0 saturated heterocycles. The molecule has 1 rings (SSSR count). The van der Waals surface area contributed by atoms with Crippen LogP contribution in [0.4, 0.5) is 14.5 Å². The molecule has 0 aromatic heterocycles. The van der Waals surface area contributed by atoms with Gasteiger partial charge in [-0.15, -0.1) is 0 Å². The van der Waals surface area contributed by atoms with E-state index in [1.54, 1.807) is 0 Å². The summed E-state index contributed by atoms with van der Waals surface area (Å²) in [6.07, 6.45) is 0.669. The van der Waals surface area contributed by atoms with Crippen LogP contribution < -0.4 is 5.73 Å². The number of nitrogen functional groups attached to an aromatic ring is 1. The molecule has 0 aliphatic rings. The Morgan fingerprint density at radius 2 is 1.83 bits per heavy atom. The highest BCUT2D eigenvalue weighted by molar-refractivity contribution is 5.95. The smallest absolute Gasteiger partial charge is 0.340 e. The number of anilines is 1. The van der Waals surface area contributed by atoms with Gasteiger partial charge in [0.15, 0.2) is 11.6 Å². The predicted octanol–water partition coefficient (Wildman–Crippen LogP) is 3.14. The van der Waals surface area contributed by atoms with Crippen molar-refractivity contribution in [1.29, 1.82) is 0 Å². The zero-order valence-corrected chi connectivity index (χ0v) is 10.7.